The minimum absolute atomic E-state index is 0.160. The Balaban J connectivity index is 2.80. The molecule has 0 aromatic heterocycles. The van der Waals surface area contributed by atoms with Crippen LogP contribution in [0.2, 0.25) is 0 Å². The third-order valence-electron chi connectivity index (χ3n) is 3.41. The van der Waals surface area contributed by atoms with E-state index in [0.717, 1.165) is 0 Å². The standard InChI is InChI=1S/C16H22N2O/c1-12-8-6-7-9-13(12)16(4,5)11-18-14(19)15(2,3)10-17/h6-9H,11H2,1-5H3,(H,18,19). The van der Waals surface area contributed by atoms with E-state index < -0.39 is 5.41 Å². The Morgan fingerprint density at radius 3 is 2.37 bits per heavy atom. The number of nitriles is 1. The van der Waals surface area contributed by atoms with Gasteiger partial charge in [0, 0.05) is 12.0 Å². The molecule has 1 aromatic rings. The Morgan fingerprint density at radius 1 is 1.26 bits per heavy atom. The molecule has 102 valence electrons. The number of nitrogens with zero attached hydrogens (tertiary/aromatic N) is 1. The number of nitrogens with one attached hydrogen (secondary N) is 1. The lowest BCUT2D eigenvalue weighted by molar-refractivity contribution is -0.127. The normalized spacial score (nSPS) is 11.8. The maximum absolute atomic E-state index is 11.9. The summed E-state index contributed by atoms with van der Waals surface area (Å²) < 4.78 is 0. The smallest absolute Gasteiger partial charge is 0.239 e. The third kappa shape index (κ3) is 3.57. The van der Waals surface area contributed by atoms with Crippen LogP contribution in [0.3, 0.4) is 0 Å². The number of carbonyl (C=O) groups excluding carboxylic acids is 1. The summed E-state index contributed by atoms with van der Waals surface area (Å²) >= 11 is 0. The van der Waals surface area contributed by atoms with Crippen molar-refractivity contribution in [2.75, 3.05) is 6.54 Å². The molecule has 0 fully saturated rings. The fourth-order valence-electron chi connectivity index (χ4n) is 2.00. The van der Waals surface area contributed by atoms with E-state index in [-0.39, 0.29) is 11.3 Å². The fourth-order valence-corrected chi connectivity index (χ4v) is 2.00. The molecule has 0 spiro atoms. The van der Waals surface area contributed by atoms with Gasteiger partial charge >= 0.3 is 0 Å². The number of aryl methyl sites for hydroxylation is 1. The Morgan fingerprint density at radius 2 is 1.84 bits per heavy atom. The van der Waals surface area contributed by atoms with Crippen molar-refractivity contribution < 1.29 is 4.79 Å². The van der Waals surface area contributed by atoms with E-state index in [1.54, 1.807) is 13.8 Å². The van der Waals surface area contributed by atoms with Gasteiger partial charge < -0.3 is 5.32 Å². The highest BCUT2D eigenvalue weighted by atomic mass is 16.2. The molecule has 3 heteroatoms. The monoisotopic (exact) mass is 258 g/mol. The second-order valence-corrected chi connectivity index (χ2v) is 6.12. The highest BCUT2D eigenvalue weighted by Crippen LogP contribution is 2.25. The van der Waals surface area contributed by atoms with Crippen molar-refractivity contribution in [1.29, 1.82) is 5.26 Å². The summed E-state index contributed by atoms with van der Waals surface area (Å²) in [6, 6.07) is 10.2. The molecular weight excluding hydrogens is 236 g/mol. The number of carbonyl (C=O) groups is 1. The first kappa shape index (κ1) is 15.2. The Bertz CT molecular complexity index is 510. The van der Waals surface area contributed by atoms with Crippen LogP contribution in [0.5, 0.6) is 0 Å². The van der Waals surface area contributed by atoms with Gasteiger partial charge in [0.15, 0.2) is 0 Å². The van der Waals surface area contributed by atoms with Crippen LogP contribution in [0.15, 0.2) is 24.3 Å². The van der Waals surface area contributed by atoms with Crippen molar-refractivity contribution in [2.45, 2.75) is 40.0 Å². The molecule has 3 nitrogen and oxygen atoms in total. The van der Waals surface area contributed by atoms with Gasteiger partial charge in [0.2, 0.25) is 5.91 Å². The second-order valence-electron chi connectivity index (χ2n) is 6.12. The van der Waals surface area contributed by atoms with E-state index in [0.29, 0.717) is 6.54 Å². The quantitative estimate of drug-likeness (QED) is 0.902. The molecule has 0 atom stereocenters. The molecule has 1 amide bonds. The lowest BCUT2D eigenvalue weighted by Gasteiger charge is -2.28. The van der Waals surface area contributed by atoms with Crippen molar-refractivity contribution in [1.82, 2.24) is 5.32 Å². The molecule has 0 aliphatic heterocycles. The number of hydrogen-bond acceptors (Lipinski definition) is 2. The minimum atomic E-state index is -0.984. The van der Waals surface area contributed by atoms with Crippen molar-refractivity contribution >= 4 is 5.91 Å². The lowest BCUT2D eigenvalue weighted by Crippen LogP contribution is -2.42. The predicted octanol–water partition coefficient (Wildman–Crippen LogP) is 2.94. The summed E-state index contributed by atoms with van der Waals surface area (Å²) in [5.74, 6) is -0.225. The number of hydrogen-bond donors (Lipinski definition) is 1. The topological polar surface area (TPSA) is 52.9 Å². The zero-order valence-electron chi connectivity index (χ0n) is 12.4. The lowest BCUT2D eigenvalue weighted by atomic mass is 9.81. The average molecular weight is 258 g/mol. The number of amides is 1. The summed E-state index contributed by atoms with van der Waals surface area (Å²) in [5, 5.41) is 11.8. The SMILES string of the molecule is Cc1ccccc1C(C)(C)CNC(=O)C(C)(C)C#N. The molecule has 0 radical (unpaired) electrons. The van der Waals surface area contributed by atoms with Gasteiger partial charge in [-0.2, -0.15) is 5.26 Å². The van der Waals surface area contributed by atoms with Gasteiger partial charge in [-0.05, 0) is 31.9 Å². The molecule has 0 saturated heterocycles. The highest BCUT2D eigenvalue weighted by Gasteiger charge is 2.30. The molecule has 1 rings (SSSR count). The van der Waals surface area contributed by atoms with Crippen LogP contribution in [0.1, 0.15) is 38.8 Å². The van der Waals surface area contributed by atoms with Crippen LogP contribution in [0.4, 0.5) is 0 Å². The third-order valence-corrected chi connectivity index (χ3v) is 3.41. The van der Waals surface area contributed by atoms with Gasteiger partial charge in [0.25, 0.3) is 0 Å². The molecule has 0 unspecified atom stereocenters. The highest BCUT2D eigenvalue weighted by molar-refractivity contribution is 5.84. The van der Waals surface area contributed by atoms with E-state index in [2.05, 4.69) is 38.2 Å². The van der Waals surface area contributed by atoms with Crippen LogP contribution in [-0.4, -0.2) is 12.5 Å². The summed E-state index contributed by atoms with van der Waals surface area (Å²) in [4.78, 5) is 11.9. The Kier molecular flexibility index (Phi) is 4.36. The van der Waals surface area contributed by atoms with E-state index in [1.165, 1.54) is 11.1 Å². The van der Waals surface area contributed by atoms with Gasteiger partial charge in [-0.15, -0.1) is 0 Å². The fraction of sp³-hybridized carbons (Fsp3) is 0.500. The van der Waals surface area contributed by atoms with Gasteiger partial charge in [-0.1, -0.05) is 38.1 Å². The van der Waals surface area contributed by atoms with Gasteiger partial charge in [-0.3, -0.25) is 4.79 Å². The first-order valence-electron chi connectivity index (χ1n) is 6.46. The average Bonchev–Trinajstić information content (AvgIpc) is 2.36. The first-order chi connectivity index (χ1) is 8.70. The molecule has 0 saturated carbocycles. The zero-order valence-corrected chi connectivity index (χ0v) is 12.4. The van der Waals surface area contributed by atoms with Gasteiger partial charge in [0.05, 0.1) is 6.07 Å². The Hall–Kier alpha value is -1.82. The maximum atomic E-state index is 11.9. The molecule has 1 N–H and O–H groups in total. The van der Waals surface area contributed by atoms with Crippen LogP contribution < -0.4 is 5.32 Å². The molecular formula is C16H22N2O. The number of benzene rings is 1. The van der Waals surface area contributed by atoms with E-state index in [9.17, 15) is 4.79 Å². The summed E-state index contributed by atoms with van der Waals surface area (Å²) in [6.45, 7) is 10.0. The summed E-state index contributed by atoms with van der Waals surface area (Å²) in [5.41, 5.74) is 1.28. The Labute approximate surface area is 115 Å². The first-order valence-corrected chi connectivity index (χ1v) is 6.46. The van der Waals surface area contributed by atoms with Crippen molar-refractivity contribution in [3.05, 3.63) is 35.4 Å². The van der Waals surface area contributed by atoms with E-state index in [1.807, 2.05) is 18.2 Å². The summed E-state index contributed by atoms with van der Waals surface area (Å²) in [6.07, 6.45) is 0. The molecule has 1 aromatic carbocycles. The van der Waals surface area contributed by atoms with Crippen molar-refractivity contribution in [2.24, 2.45) is 5.41 Å². The second kappa shape index (κ2) is 5.44. The van der Waals surface area contributed by atoms with Crippen LogP contribution in [0, 0.1) is 23.7 Å². The predicted molar refractivity (Wildman–Crippen MR) is 76.6 cm³/mol. The zero-order chi connectivity index (χ0) is 14.7. The van der Waals surface area contributed by atoms with Crippen molar-refractivity contribution in [3.63, 3.8) is 0 Å². The molecule has 19 heavy (non-hydrogen) atoms. The molecule has 0 bridgehead atoms. The van der Waals surface area contributed by atoms with Gasteiger partial charge in [0.1, 0.15) is 5.41 Å². The van der Waals surface area contributed by atoms with Gasteiger partial charge in [-0.25, -0.2) is 0 Å². The van der Waals surface area contributed by atoms with Crippen LogP contribution in [-0.2, 0) is 10.2 Å². The molecule has 0 heterocycles. The van der Waals surface area contributed by atoms with E-state index in [4.69, 9.17) is 5.26 Å². The van der Waals surface area contributed by atoms with Crippen molar-refractivity contribution in [3.8, 4) is 6.07 Å². The maximum Gasteiger partial charge on any atom is 0.239 e. The van der Waals surface area contributed by atoms with Crippen LogP contribution in [0.25, 0.3) is 0 Å². The van der Waals surface area contributed by atoms with Crippen LogP contribution >= 0.6 is 0 Å². The summed E-state index contributed by atoms with van der Waals surface area (Å²) in [7, 11) is 0. The molecule has 0 aliphatic carbocycles. The number of rotatable bonds is 4. The minimum Gasteiger partial charge on any atom is -0.354 e. The van der Waals surface area contributed by atoms with E-state index >= 15 is 0 Å². The largest absolute Gasteiger partial charge is 0.354 e. The molecule has 0 aliphatic rings.